The Kier molecular flexibility index (Phi) is 11.7. The molecule has 5 atom stereocenters. The molecule has 310 valence electrons. The van der Waals surface area contributed by atoms with Crippen LogP contribution in [0, 0.1) is 28.6 Å². The van der Waals surface area contributed by atoms with Crippen molar-refractivity contribution >= 4 is 39.6 Å². The number of Topliss-reactive ketones (excluding diaryl/α,β-unsaturated/α-hetero) is 1. The van der Waals surface area contributed by atoms with Crippen LogP contribution in [0.25, 0.3) is 0 Å². The predicted molar refractivity (Wildman–Crippen MR) is 197 cm³/mol. The minimum absolute atomic E-state index is 0.000917. The maximum atomic E-state index is 14.9. The third-order valence-electron chi connectivity index (χ3n) is 13.5. The molecule has 6 fully saturated rings. The summed E-state index contributed by atoms with van der Waals surface area (Å²) >= 11 is 0. The predicted octanol–water partition coefficient (Wildman–Crippen LogP) is 3.77. The first-order valence-electron chi connectivity index (χ1n) is 20.2. The second-order valence-electron chi connectivity index (χ2n) is 18.5. The molecular formula is C38H59F3N6O7S. The second-order valence-corrected chi connectivity index (χ2v) is 20.5. The van der Waals surface area contributed by atoms with Gasteiger partial charge in [-0.15, -0.1) is 0 Å². The monoisotopic (exact) mass is 800 g/mol. The zero-order chi connectivity index (χ0) is 40.1. The molecule has 0 unspecified atom stereocenters. The SMILES string of the molecule is CN(CC(F)(F)F)S(=O)(=O)CC1(NC(=O)N[C@H](C(=O)N2C[C@H]3[C@@H]([C@H]2C(=O)N[C@@H](CC2CC2)C(=O)C(=O)NC2CC2)C3(C)C)C2(C)CCCCC2)CCCCC1. The van der Waals surface area contributed by atoms with Gasteiger partial charge in [-0.2, -0.15) is 17.5 Å². The average molecular weight is 801 g/mol. The van der Waals surface area contributed by atoms with Crippen molar-refractivity contribution in [2.45, 2.75) is 153 Å². The van der Waals surface area contributed by atoms with Crippen LogP contribution in [0.1, 0.15) is 117 Å². The number of hydrogen-bond donors (Lipinski definition) is 4. The Hall–Kier alpha value is -2.95. The van der Waals surface area contributed by atoms with Crippen LogP contribution < -0.4 is 21.3 Å². The summed E-state index contributed by atoms with van der Waals surface area (Å²) in [6.07, 6.45) is 5.20. The number of likely N-dealkylation sites (tertiary alicyclic amines) is 1. The number of rotatable bonds is 15. The number of sulfonamides is 1. The van der Waals surface area contributed by atoms with Gasteiger partial charge in [0.15, 0.2) is 0 Å². The van der Waals surface area contributed by atoms with Gasteiger partial charge in [-0.3, -0.25) is 19.2 Å². The van der Waals surface area contributed by atoms with Gasteiger partial charge >= 0.3 is 12.2 Å². The Morgan fingerprint density at radius 2 is 1.47 bits per heavy atom. The number of carbonyl (C=O) groups excluding carboxylic acids is 5. The molecule has 0 bridgehead atoms. The largest absolute Gasteiger partial charge is 0.402 e. The van der Waals surface area contributed by atoms with Gasteiger partial charge in [0.25, 0.3) is 5.91 Å². The zero-order valence-corrected chi connectivity index (χ0v) is 33.4. The van der Waals surface area contributed by atoms with Gasteiger partial charge in [0.05, 0.1) is 17.3 Å². The molecule has 4 N–H and O–H groups in total. The fourth-order valence-corrected chi connectivity index (χ4v) is 11.4. The summed E-state index contributed by atoms with van der Waals surface area (Å²) < 4.78 is 66.3. The summed E-state index contributed by atoms with van der Waals surface area (Å²) in [4.78, 5) is 71.0. The van der Waals surface area contributed by atoms with Crippen molar-refractivity contribution in [2.75, 3.05) is 25.9 Å². The minimum Gasteiger partial charge on any atom is -0.347 e. The fraction of sp³-hybridized carbons (Fsp3) is 0.868. The summed E-state index contributed by atoms with van der Waals surface area (Å²) in [6, 6.07) is -3.87. The van der Waals surface area contributed by atoms with Crippen molar-refractivity contribution in [1.82, 2.24) is 30.5 Å². The van der Waals surface area contributed by atoms with Crippen LogP contribution in [-0.4, -0.2) is 109 Å². The van der Waals surface area contributed by atoms with Gasteiger partial charge in [-0.1, -0.05) is 72.1 Å². The third-order valence-corrected chi connectivity index (χ3v) is 15.5. The van der Waals surface area contributed by atoms with E-state index in [1.165, 1.54) is 4.90 Å². The smallest absolute Gasteiger partial charge is 0.347 e. The summed E-state index contributed by atoms with van der Waals surface area (Å²) in [5, 5.41) is 11.3. The first-order valence-corrected chi connectivity index (χ1v) is 21.8. The van der Waals surface area contributed by atoms with E-state index < -0.39 is 87.1 Å². The molecular weight excluding hydrogens is 742 g/mol. The molecule has 55 heavy (non-hydrogen) atoms. The number of nitrogens with one attached hydrogen (secondary N) is 4. The fourth-order valence-electron chi connectivity index (χ4n) is 9.73. The first kappa shape index (κ1) is 41.7. The molecule has 6 rings (SSSR count). The Balaban J connectivity index is 1.22. The number of fused-ring (bicyclic) bond motifs is 1. The van der Waals surface area contributed by atoms with E-state index in [1.54, 1.807) is 0 Å². The molecule has 17 heteroatoms. The molecule has 0 aromatic carbocycles. The molecule has 0 spiro atoms. The highest BCUT2D eigenvalue weighted by atomic mass is 32.2. The molecule has 5 saturated carbocycles. The summed E-state index contributed by atoms with van der Waals surface area (Å²) in [5.41, 5.74) is -2.32. The quantitative estimate of drug-likeness (QED) is 0.183. The van der Waals surface area contributed by atoms with Gasteiger partial charge in [0.1, 0.15) is 18.6 Å². The van der Waals surface area contributed by atoms with E-state index >= 15 is 0 Å². The van der Waals surface area contributed by atoms with Crippen LogP contribution in [0.5, 0.6) is 0 Å². The molecule has 1 aliphatic heterocycles. The van der Waals surface area contributed by atoms with Crippen LogP contribution in [0.2, 0.25) is 0 Å². The number of piperidine rings is 1. The van der Waals surface area contributed by atoms with Crippen LogP contribution >= 0.6 is 0 Å². The first-order chi connectivity index (χ1) is 25.6. The van der Waals surface area contributed by atoms with Crippen molar-refractivity contribution in [3.8, 4) is 0 Å². The lowest BCUT2D eigenvalue weighted by Gasteiger charge is -2.44. The molecule has 1 saturated heterocycles. The highest BCUT2D eigenvalue weighted by Gasteiger charge is 2.70. The van der Waals surface area contributed by atoms with Crippen LogP contribution in [0.4, 0.5) is 18.0 Å². The number of amides is 5. The summed E-state index contributed by atoms with van der Waals surface area (Å²) in [7, 11) is -3.57. The Labute approximate surface area is 322 Å². The molecule has 6 aliphatic rings. The molecule has 0 radical (unpaired) electrons. The lowest BCUT2D eigenvalue weighted by Crippen LogP contribution is -2.65. The molecule has 5 amide bonds. The van der Waals surface area contributed by atoms with E-state index in [9.17, 15) is 45.6 Å². The summed E-state index contributed by atoms with van der Waals surface area (Å²) in [6.45, 7) is 4.62. The maximum Gasteiger partial charge on any atom is 0.402 e. The number of alkyl halides is 3. The Bertz CT molecular complexity index is 1620. The standard InChI is InChI=1S/C38H59F3N6O7S/c1-35(2)25-20-47(28(27(25)35)31(49)43-26(19-23-11-12-23)29(48)32(50)42-24-13-14-24)33(51)30(36(3)15-7-5-8-16-36)44-34(52)45-37(17-9-6-10-18-37)22-55(53,54)46(4)21-38(39,40)41/h23-28,30H,5-22H2,1-4H3,(H,42,50)(H,43,49)(H2,44,45,52)/t25-,26-,27-,28-,30+/m0/s1. The van der Waals surface area contributed by atoms with Crippen molar-refractivity contribution < 1.29 is 45.6 Å². The maximum absolute atomic E-state index is 14.9. The Morgan fingerprint density at radius 1 is 0.873 bits per heavy atom. The van der Waals surface area contributed by atoms with Gasteiger partial charge in [0, 0.05) is 19.6 Å². The lowest BCUT2D eigenvalue weighted by atomic mass is 9.70. The number of ketones is 1. The minimum atomic E-state index is -4.74. The van der Waals surface area contributed by atoms with Gasteiger partial charge in [-0.25, -0.2) is 13.2 Å². The number of hydrogen-bond acceptors (Lipinski definition) is 7. The van der Waals surface area contributed by atoms with Crippen LogP contribution in [0.3, 0.4) is 0 Å². The van der Waals surface area contributed by atoms with Crippen molar-refractivity contribution in [2.24, 2.45) is 28.6 Å². The molecule has 0 aromatic rings. The molecule has 0 aromatic heterocycles. The number of urea groups is 1. The topological polar surface area (TPSA) is 174 Å². The molecule has 5 aliphatic carbocycles. The number of carbonyl (C=O) groups is 5. The average Bonchev–Trinajstić information content (AvgIpc) is 4.06. The van der Waals surface area contributed by atoms with Crippen LogP contribution in [-0.2, 0) is 29.2 Å². The lowest BCUT2D eigenvalue weighted by molar-refractivity contribution is -0.146. The Morgan fingerprint density at radius 3 is 2.04 bits per heavy atom. The van der Waals surface area contributed by atoms with E-state index in [0.717, 1.165) is 58.4 Å². The highest BCUT2D eigenvalue weighted by Crippen LogP contribution is 2.65. The zero-order valence-electron chi connectivity index (χ0n) is 32.6. The third kappa shape index (κ3) is 9.61. The number of nitrogens with zero attached hydrogens (tertiary/aromatic N) is 2. The second kappa shape index (κ2) is 15.4. The van der Waals surface area contributed by atoms with E-state index in [4.69, 9.17) is 0 Å². The van der Waals surface area contributed by atoms with Gasteiger partial charge in [-0.05, 0) is 73.5 Å². The number of halogens is 3. The van der Waals surface area contributed by atoms with Crippen LogP contribution in [0.15, 0.2) is 0 Å². The van der Waals surface area contributed by atoms with E-state index in [1.807, 2.05) is 20.8 Å². The highest BCUT2D eigenvalue weighted by molar-refractivity contribution is 7.89. The van der Waals surface area contributed by atoms with Gasteiger partial charge < -0.3 is 26.2 Å². The van der Waals surface area contributed by atoms with E-state index in [-0.39, 0.29) is 52.9 Å². The van der Waals surface area contributed by atoms with E-state index in [2.05, 4.69) is 21.3 Å². The van der Waals surface area contributed by atoms with Crippen molar-refractivity contribution in [3.63, 3.8) is 0 Å². The van der Waals surface area contributed by atoms with E-state index in [0.29, 0.717) is 32.1 Å². The normalized spacial score (nSPS) is 28.0. The van der Waals surface area contributed by atoms with Crippen molar-refractivity contribution in [3.05, 3.63) is 0 Å². The molecule has 1 heterocycles. The molecule has 13 nitrogen and oxygen atoms in total. The van der Waals surface area contributed by atoms with Gasteiger partial charge in [0.2, 0.25) is 27.6 Å². The van der Waals surface area contributed by atoms with Crippen molar-refractivity contribution in [1.29, 1.82) is 0 Å². The summed E-state index contributed by atoms with van der Waals surface area (Å²) in [5.74, 6) is -3.06.